The lowest BCUT2D eigenvalue weighted by Crippen LogP contribution is -2.11. The van der Waals surface area contributed by atoms with Gasteiger partial charge in [-0.25, -0.2) is 4.39 Å². The number of nitriles is 1. The highest BCUT2D eigenvalue weighted by atomic mass is 32.1. The molecular formula is C12H9FN2OS. The molecule has 0 spiro atoms. The summed E-state index contributed by atoms with van der Waals surface area (Å²) in [6.07, 6.45) is 0. The minimum absolute atomic E-state index is 0.141. The van der Waals surface area contributed by atoms with Gasteiger partial charge in [-0.3, -0.25) is 0 Å². The molecule has 1 atom stereocenters. The van der Waals surface area contributed by atoms with Gasteiger partial charge in [-0.1, -0.05) is 6.07 Å². The zero-order chi connectivity index (χ0) is 12.4. The molecule has 0 bridgehead atoms. The van der Waals surface area contributed by atoms with Gasteiger partial charge in [0, 0.05) is 10.4 Å². The minimum Gasteiger partial charge on any atom is -0.505 e. The largest absolute Gasteiger partial charge is 0.505 e. The molecule has 1 aromatic heterocycles. The molecule has 3 nitrogen and oxygen atoms in total. The molecule has 1 aromatic carbocycles. The smallest absolute Gasteiger partial charge is 0.166 e. The van der Waals surface area contributed by atoms with E-state index in [4.69, 9.17) is 11.0 Å². The number of nitrogens with zero attached hydrogens (tertiary/aromatic N) is 1. The fourth-order valence-corrected chi connectivity index (χ4v) is 2.29. The molecule has 2 aromatic rings. The number of hydrogen-bond acceptors (Lipinski definition) is 4. The Labute approximate surface area is 102 Å². The maximum atomic E-state index is 13.4. The van der Waals surface area contributed by atoms with Crippen molar-refractivity contribution in [3.8, 4) is 11.8 Å². The van der Waals surface area contributed by atoms with Crippen molar-refractivity contribution in [2.75, 3.05) is 0 Å². The van der Waals surface area contributed by atoms with Crippen molar-refractivity contribution in [3.63, 3.8) is 0 Å². The number of hydrogen-bond donors (Lipinski definition) is 2. The molecule has 0 saturated heterocycles. The SMILES string of the molecule is N#Cc1cc(F)c(O)c([C@H](N)c2cccs2)c1. The summed E-state index contributed by atoms with van der Waals surface area (Å²) in [6.45, 7) is 0. The van der Waals surface area contributed by atoms with Crippen LogP contribution in [0.15, 0.2) is 29.6 Å². The van der Waals surface area contributed by atoms with E-state index >= 15 is 0 Å². The lowest BCUT2D eigenvalue weighted by molar-refractivity contribution is 0.423. The molecule has 0 saturated carbocycles. The Balaban J connectivity index is 2.52. The molecule has 0 aliphatic carbocycles. The summed E-state index contributed by atoms with van der Waals surface area (Å²) < 4.78 is 13.4. The first-order valence-corrected chi connectivity index (χ1v) is 5.73. The maximum Gasteiger partial charge on any atom is 0.166 e. The molecule has 0 aliphatic rings. The van der Waals surface area contributed by atoms with Gasteiger partial charge in [0.1, 0.15) is 0 Å². The van der Waals surface area contributed by atoms with E-state index in [-0.39, 0.29) is 11.1 Å². The van der Waals surface area contributed by atoms with Gasteiger partial charge in [-0.05, 0) is 23.6 Å². The Morgan fingerprint density at radius 3 is 2.82 bits per heavy atom. The van der Waals surface area contributed by atoms with E-state index in [1.54, 1.807) is 6.07 Å². The summed E-state index contributed by atoms with van der Waals surface area (Å²) >= 11 is 1.41. The molecule has 5 heteroatoms. The summed E-state index contributed by atoms with van der Waals surface area (Å²) in [5, 5.41) is 20.2. The maximum absolute atomic E-state index is 13.4. The van der Waals surface area contributed by atoms with Crippen LogP contribution in [0.1, 0.15) is 22.0 Å². The number of benzene rings is 1. The van der Waals surface area contributed by atoms with Crippen molar-refractivity contribution in [2.45, 2.75) is 6.04 Å². The van der Waals surface area contributed by atoms with Crippen LogP contribution in [-0.2, 0) is 0 Å². The molecule has 17 heavy (non-hydrogen) atoms. The third kappa shape index (κ3) is 2.13. The zero-order valence-corrected chi connectivity index (χ0v) is 9.54. The highest BCUT2D eigenvalue weighted by molar-refractivity contribution is 7.10. The van der Waals surface area contributed by atoms with Gasteiger partial charge in [0.25, 0.3) is 0 Å². The molecule has 86 valence electrons. The van der Waals surface area contributed by atoms with Gasteiger partial charge in [-0.15, -0.1) is 11.3 Å². The quantitative estimate of drug-likeness (QED) is 0.857. The minimum atomic E-state index is -0.828. The summed E-state index contributed by atoms with van der Waals surface area (Å²) in [5.74, 6) is -1.32. The lowest BCUT2D eigenvalue weighted by atomic mass is 10.0. The Hall–Kier alpha value is -1.90. The third-order valence-electron chi connectivity index (χ3n) is 2.41. The fourth-order valence-electron chi connectivity index (χ4n) is 1.54. The monoisotopic (exact) mass is 248 g/mol. The third-order valence-corrected chi connectivity index (χ3v) is 3.36. The molecule has 3 N–H and O–H groups in total. The standard InChI is InChI=1S/C12H9FN2OS/c13-9-5-7(6-14)4-8(12(9)16)11(15)10-2-1-3-17-10/h1-5,11,16H,15H2/t11-/m0/s1. The number of nitrogens with two attached hydrogens (primary N) is 1. The second kappa shape index (κ2) is 4.53. The van der Waals surface area contributed by atoms with E-state index in [1.165, 1.54) is 17.4 Å². The fraction of sp³-hybridized carbons (Fsp3) is 0.0833. The molecule has 0 amide bonds. The van der Waals surface area contributed by atoms with Crippen LogP contribution >= 0.6 is 11.3 Å². The number of thiophene rings is 1. The molecule has 0 aliphatic heterocycles. The van der Waals surface area contributed by atoms with Crippen molar-refractivity contribution in [2.24, 2.45) is 5.73 Å². The summed E-state index contributed by atoms with van der Waals surface area (Å²) in [7, 11) is 0. The van der Waals surface area contributed by atoms with E-state index in [0.717, 1.165) is 10.9 Å². The van der Waals surface area contributed by atoms with Crippen LogP contribution in [0.25, 0.3) is 0 Å². The normalized spacial score (nSPS) is 12.1. The first-order valence-electron chi connectivity index (χ1n) is 4.85. The van der Waals surface area contributed by atoms with Gasteiger partial charge in [0.2, 0.25) is 0 Å². The summed E-state index contributed by atoms with van der Waals surface area (Å²) in [5.41, 5.74) is 6.30. The van der Waals surface area contributed by atoms with Crippen molar-refractivity contribution < 1.29 is 9.50 Å². The summed E-state index contributed by atoms with van der Waals surface area (Å²) in [6, 6.07) is 7.22. The highest BCUT2D eigenvalue weighted by Gasteiger charge is 2.18. The average Bonchev–Trinajstić information content (AvgIpc) is 2.85. The predicted octanol–water partition coefficient (Wildman–Crippen LogP) is 2.51. The average molecular weight is 248 g/mol. The van der Waals surface area contributed by atoms with Crippen LogP contribution in [-0.4, -0.2) is 5.11 Å². The van der Waals surface area contributed by atoms with Crippen molar-refractivity contribution >= 4 is 11.3 Å². The van der Waals surface area contributed by atoms with Crippen molar-refractivity contribution in [1.29, 1.82) is 5.26 Å². The van der Waals surface area contributed by atoms with E-state index in [0.29, 0.717) is 0 Å². The predicted molar refractivity (Wildman–Crippen MR) is 63.1 cm³/mol. The summed E-state index contributed by atoms with van der Waals surface area (Å²) in [4.78, 5) is 0.801. The van der Waals surface area contributed by atoms with Gasteiger partial charge in [-0.2, -0.15) is 5.26 Å². The number of phenols is 1. The van der Waals surface area contributed by atoms with Gasteiger partial charge in [0.05, 0.1) is 17.7 Å². The Morgan fingerprint density at radius 2 is 2.24 bits per heavy atom. The Kier molecular flexibility index (Phi) is 3.09. The van der Waals surface area contributed by atoms with Crippen LogP contribution in [0.4, 0.5) is 4.39 Å². The number of rotatable bonds is 2. The Bertz CT molecular complexity index is 575. The van der Waals surface area contributed by atoms with E-state index in [9.17, 15) is 9.50 Å². The zero-order valence-electron chi connectivity index (χ0n) is 8.72. The van der Waals surface area contributed by atoms with E-state index in [2.05, 4.69) is 0 Å². The van der Waals surface area contributed by atoms with Crippen LogP contribution in [0.5, 0.6) is 5.75 Å². The van der Waals surface area contributed by atoms with Crippen LogP contribution in [0.3, 0.4) is 0 Å². The molecule has 0 unspecified atom stereocenters. The lowest BCUT2D eigenvalue weighted by Gasteiger charge is -2.12. The van der Waals surface area contributed by atoms with Crippen LogP contribution in [0.2, 0.25) is 0 Å². The topological polar surface area (TPSA) is 70.0 Å². The van der Waals surface area contributed by atoms with Gasteiger partial charge in [0.15, 0.2) is 11.6 Å². The number of aromatic hydroxyl groups is 1. The molecule has 0 radical (unpaired) electrons. The molecule has 1 heterocycles. The van der Waals surface area contributed by atoms with Crippen molar-refractivity contribution in [3.05, 3.63) is 51.5 Å². The number of halogens is 1. The van der Waals surface area contributed by atoms with Gasteiger partial charge >= 0.3 is 0 Å². The van der Waals surface area contributed by atoms with E-state index in [1.807, 2.05) is 17.5 Å². The first kappa shape index (κ1) is 11.6. The van der Waals surface area contributed by atoms with Gasteiger partial charge < -0.3 is 10.8 Å². The second-order valence-corrected chi connectivity index (χ2v) is 4.48. The molecular weight excluding hydrogens is 239 g/mol. The first-order chi connectivity index (χ1) is 8.13. The van der Waals surface area contributed by atoms with Crippen molar-refractivity contribution in [1.82, 2.24) is 0 Å². The molecule has 2 rings (SSSR count). The highest BCUT2D eigenvalue weighted by Crippen LogP contribution is 2.32. The van der Waals surface area contributed by atoms with E-state index < -0.39 is 17.6 Å². The number of phenolic OH excluding ortho intramolecular Hbond substituents is 1. The van der Waals surface area contributed by atoms with Crippen LogP contribution < -0.4 is 5.73 Å². The second-order valence-electron chi connectivity index (χ2n) is 3.50. The van der Waals surface area contributed by atoms with Crippen LogP contribution in [0, 0.1) is 17.1 Å². The molecule has 0 fully saturated rings. The Morgan fingerprint density at radius 1 is 1.47 bits per heavy atom.